The highest BCUT2D eigenvalue weighted by atomic mass is 14.9. The Morgan fingerprint density at radius 2 is 1.87 bits per heavy atom. The number of nitrogens with one attached hydrogen (secondary N) is 1. The molecule has 2 aromatic rings. The van der Waals surface area contributed by atoms with Gasteiger partial charge in [0.1, 0.15) is 0 Å². The second-order valence-corrected chi connectivity index (χ2v) is 4.06. The Labute approximate surface area is 89.5 Å². The molecule has 1 aliphatic rings. The molecule has 3 rings (SSSR count). The Bertz CT molecular complexity index is 457. The molecule has 1 N–H and O–H groups in total. The van der Waals surface area contributed by atoms with Crippen molar-refractivity contribution in [1.82, 2.24) is 9.88 Å². The molecule has 2 heterocycles. The number of rotatable bonds is 2. The minimum atomic E-state index is 0.972. The summed E-state index contributed by atoms with van der Waals surface area (Å²) in [6, 6.07) is 10.9. The molecule has 0 fully saturated rings. The summed E-state index contributed by atoms with van der Waals surface area (Å²) in [4.78, 5) is 0. The van der Waals surface area contributed by atoms with Crippen molar-refractivity contribution in [3.63, 3.8) is 0 Å². The minimum absolute atomic E-state index is 0.972. The van der Waals surface area contributed by atoms with Crippen LogP contribution >= 0.6 is 0 Å². The summed E-state index contributed by atoms with van der Waals surface area (Å²) in [5.41, 5.74) is 4.29. The summed E-state index contributed by atoms with van der Waals surface area (Å²) in [6.45, 7) is 3.02. The lowest BCUT2D eigenvalue weighted by Crippen LogP contribution is -2.00. The van der Waals surface area contributed by atoms with E-state index in [4.69, 9.17) is 0 Å². The maximum Gasteiger partial charge on any atom is 0.0470 e. The van der Waals surface area contributed by atoms with Gasteiger partial charge in [0, 0.05) is 32.0 Å². The number of aromatic nitrogens is 1. The summed E-state index contributed by atoms with van der Waals surface area (Å²) >= 11 is 0. The number of benzene rings is 1. The molecule has 0 atom stereocenters. The molecule has 0 aliphatic carbocycles. The van der Waals surface area contributed by atoms with E-state index in [0.29, 0.717) is 0 Å². The molecular formula is C13H14N2. The van der Waals surface area contributed by atoms with Crippen LogP contribution in [-0.4, -0.2) is 4.57 Å². The predicted molar refractivity (Wildman–Crippen MR) is 60.5 cm³/mol. The third-order valence-corrected chi connectivity index (χ3v) is 2.93. The topological polar surface area (TPSA) is 17.0 Å². The molecule has 2 nitrogen and oxygen atoms in total. The maximum absolute atomic E-state index is 3.37. The smallest absolute Gasteiger partial charge is 0.0470 e. The molecule has 76 valence electrons. The van der Waals surface area contributed by atoms with Gasteiger partial charge in [-0.3, -0.25) is 0 Å². The Morgan fingerprint density at radius 3 is 2.73 bits per heavy atom. The lowest BCUT2D eigenvalue weighted by molar-refractivity contribution is 0.764. The van der Waals surface area contributed by atoms with Gasteiger partial charge in [0.25, 0.3) is 0 Å². The van der Waals surface area contributed by atoms with E-state index in [-0.39, 0.29) is 0 Å². The molecule has 2 heteroatoms. The average Bonchev–Trinajstić information content (AvgIpc) is 2.87. The van der Waals surface area contributed by atoms with Crippen molar-refractivity contribution < 1.29 is 0 Å². The third-order valence-electron chi connectivity index (χ3n) is 2.93. The van der Waals surface area contributed by atoms with Crippen molar-refractivity contribution in [3.05, 3.63) is 59.4 Å². The molecule has 0 saturated heterocycles. The molecule has 1 aromatic heterocycles. The van der Waals surface area contributed by atoms with Crippen molar-refractivity contribution in [2.24, 2.45) is 0 Å². The molecule has 15 heavy (non-hydrogen) atoms. The molecule has 1 aromatic carbocycles. The van der Waals surface area contributed by atoms with Crippen LogP contribution < -0.4 is 5.32 Å². The highest BCUT2D eigenvalue weighted by Gasteiger charge is 2.09. The standard InChI is InChI=1S/C13H14N2/c1-2-6-15(5-1)10-11-3-4-12-8-14-9-13(12)7-11/h1-7,14H,8-10H2. The zero-order chi connectivity index (χ0) is 10.1. The van der Waals surface area contributed by atoms with Crippen LogP contribution in [0.2, 0.25) is 0 Å². The molecule has 1 aliphatic heterocycles. The van der Waals surface area contributed by atoms with Gasteiger partial charge in [-0.1, -0.05) is 18.2 Å². The zero-order valence-electron chi connectivity index (χ0n) is 8.61. The number of fused-ring (bicyclic) bond motifs is 1. The summed E-state index contributed by atoms with van der Waals surface area (Å²) < 4.78 is 2.20. The largest absolute Gasteiger partial charge is 0.350 e. The van der Waals surface area contributed by atoms with Gasteiger partial charge in [-0.05, 0) is 28.8 Å². The van der Waals surface area contributed by atoms with Gasteiger partial charge in [0.2, 0.25) is 0 Å². The summed E-state index contributed by atoms with van der Waals surface area (Å²) in [6.07, 6.45) is 4.21. The van der Waals surface area contributed by atoms with Crippen LogP contribution in [-0.2, 0) is 19.6 Å². The molecule has 0 radical (unpaired) electrons. The van der Waals surface area contributed by atoms with Gasteiger partial charge in [-0.25, -0.2) is 0 Å². The van der Waals surface area contributed by atoms with Crippen molar-refractivity contribution >= 4 is 0 Å². The van der Waals surface area contributed by atoms with Gasteiger partial charge in [0.05, 0.1) is 0 Å². The van der Waals surface area contributed by atoms with Crippen LogP contribution in [0.4, 0.5) is 0 Å². The fraction of sp³-hybridized carbons (Fsp3) is 0.231. The van der Waals surface area contributed by atoms with E-state index in [0.717, 1.165) is 19.6 Å². The van der Waals surface area contributed by atoms with Gasteiger partial charge in [-0.2, -0.15) is 0 Å². The van der Waals surface area contributed by atoms with Crippen LogP contribution in [0.1, 0.15) is 16.7 Å². The van der Waals surface area contributed by atoms with Gasteiger partial charge in [0.15, 0.2) is 0 Å². The second-order valence-electron chi connectivity index (χ2n) is 4.06. The predicted octanol–water partition coefficient (Wildman–Crippen LogP) is 2.14. The van der Waals surface area contributed by atoms with Crippen LogP contribution in [0.25, 0.3) is 0 Å². The van der Waals surface area contributed by atoms with Crippen molar-refractivity contribution in [3.8, 4) is 0 Å². The van der Waals surface area contributed by atoms with E-state index < -0.39 is 0 Å². The molecule has 0 saturated carbocycles. The quantitative estimate of drug-likeness (QED) is 0.782. The van der Waals surface area contributed by atoms with Crippen molar-refractivity contribution in [1.29, 1.82) is 0 Å². The Kier molecular flexibility index (Phi) is 2.07. The average molecular weight is 198 g/mol. The van der Waals surface area contributed by atoms with E-state index in [1.807, 2.05) is 0 Å². The molecule has 0 unspecified atom stereocenters. The first-order valence-electron chi connectivity index (χ1n) is 5.34. The maximum atomic E-state index is 3.37. The highest BCUT2D eigenvalue weighted by Crippen LogP contribution is 2.17. The van der Waals surface area contributed by atoms with E-state index in [1.165, 1.54) is 16.7 Å². The van der Waals surface area contributed by atoms with Crippen LogP contribution in [0.15, 0.2) is 42.7 Å². The Morgan fingerprint density at radius 1 is 1.07 bits per heavy atom. The second kappa shape index (κ2) is 3.55. The van der Waals surface area contributed by atoms with E-state index in [2.05, 4.69) is 52.6 Å². The van der Waals surface area contributed by atoms with E-state index in [1.54, 1.807) is 0 Å². The minimum Gasteiger partial charge on any atom is -0.350 e. The van der Waals surface area contributed by atoms with Crippen LogP contribution in [0.5, 0.6) is 0 Å². The van der Waals surface area contributed by atoms with Crippen LogP contribution in [0, 0.1) is 0 Å². The molecule has 0 bridgehead atoms. The van der Waals surface area contributed by atoms with E-state index >= 15 is 0 Å². The number of hydrogen-bond donors (Lipinski definition) is 1. The Balaban J connectivity index is 1.87. The third kappa shape index (κ3) is 1.68. The fourth-order valence-corrected chi connectivity index (χ4v) is 2.13. The van der Waals surface area contributed by atoms with Gasteiger partial charge >= 0.3 is 0 Å². The monoisotopic (exact) mass is 198 g/mol. The van der Waals surface area contributed by atoms with Crippen molar-refractivity contribution in [2.45, 2.75) is 19.6 Å². The first-order chi connectivity index (χ1) is 7.42. The summed E-state index contributed by atoms with van der Waals surface area (Å²) in [7, 11) is 0. The van der Waals surface area contributed by atoms with Crippen LogP contribution in [0.3, 0.4) is 0 Å². The lowest BCUT2D eigenvalue weighted by atomic mass is 10.1. The first-order valence-corrected chi connectivity index (χ1v) is 5.34. The fourth-order valence-electron chi connectivity index (χ4n) is 2.13. The lowest BCUT2D eigenvalue weighted by Gasteiger charge is -2.05. The number of nitrogens with zero attached hydrogens (tertiary/aromatic N) is 1. The first kappa shape index (κ1) is 8.74. The molecule has 0 spiro atoms. The summed E-state index contributed by atoms with van der Waals surface area (Å²) in [5.74, 6) is 0. The van der Waals surface area contributed by atoms with Crippen molar-refractivity contribution in [2.75, 3.05) is 0 Å². The highest BCUT2D eigenvalue weighted by molar-refractivity contribution is 5.34. The SMILES string of the molecule is c1ccn(Cc2ccc3c(c2)CNC3)c1. The number of hydrogen-bond acceptors (Lipinski definition) is 1. The molecular weight excluding hydrogens is 184 g/mol. The van der Waals surface area contributed by atoms with E-state index in [9.17, 15) is 0 Å². The Hall–Kier alpha value is -1.54. The summed E-state index contributed by atoms with van der Waals surface area (Å²) in [5, 5.41) is 3.37. The normalized spacial score (nSPS) is 14.1. The molecule has 0 amide bonds. The van der Waals surface area contributed by atoms with Gasteiger partial charge in [-0.15, -0.1) is 0 Å². The van der Waals surface area contributed by atoms with Gasteiger partial charge < -0.3 is 9.88 Å². The zero-order valence-corrected chi connectivity index (χ0v) is 8.61.